The summed E-state index contributed by atoms with van der Waals surface area (Å²) in [7, 11) is 0. The van der Waals surface area contributed by atoms with Gasteiger partial charge in [-0.25, -0.2) is 9.67 Å². The Balaban J connectivity index is 2.67. The summed E-state index contributed by atoms with van der Waals surface area (Å²) in [5.41, 5.74) is 2.35. The molecule has 6 heteroatoms. The summed E-state index contributed by atoms with van der Waals surface area (Å²) in [6.45, 7) is 5.44. The van der Waals surface area contributed by atoms with E-state index in [-0.39, 0.29) is 11.5 Å². The van der Waals surface area contributed by atoms with Gasteiger partial charge >= 0.3 is 5.69 Å². The van der Waals surface area contributed by atoms with E-state index >= 15 is 0 Å². The Morgan fingerprint density at radius 3 is 2.53 bits per heavy atom. The number of hydrogen-bond donors (Lipinski definition) is 0. The Hall–Kier alpha value is -2.24. The highest BCUT2D eigenvalue weighted by Gasteiger charge is 2.19. The molecule has 0 saturated carbocycles. The second-order valence-electron chi connectivity index (χ2n) is 3.95. The van der Waals surface area contributed by atoms with Crippen molar-refractivity contribution >= 4 is 5.69 Å². The van der Waals surface area contributed by atoms with Gasteiger partial charge in [-0.15, -0.1) is 0 Å². The van der Waals surface area contributed by atoms with Crippen molar-refractivity contribution in [1.82, 2.24) is 14.8 Å². The number of nitro groups is 1. The zero-order chi connectivity index (χ0) is 12.6. The van der Waals surface area contributed by atoms with E-state index in [0.29, 0.717) is 0 Å². The fourth-order valence-electron chi connectivity index (χ4n) is 1.69. The highest BCUT2D eigenvalue weighted by molar-refractivity contribution is 5.48. The van der Waals surface area contributed by atoms with Gasteiger partial charge < -0.3 is 0 Å². The van der Waals surface area contributed by atoms with Gasteiger partial charge in [-0.05, 0) is 32.4 Å². The molecule has 0 bridgehead atoms. The van der Waals surface area contributed by atoms with Crippen molar-refractivity contribution in [3.63, 3.8) is 0 Å². The fourth-order valence-corrected chi connectivity index (χ4v) is 1.69. The molecule has 0 atom stereocenters. The Morgan fingerprint density at radius 1 is 1.29 bits per heavy atom. The Kier molecular flexibility index (Phi) is 2.63. The summed E-state index contributed by atoms with van der Waals surface area (Å²) >= 11 is 0. The average molecular weight is 232 g/mol. The molecule has 0 spiro atoms. The molecule has 0 radical (unpaired) electrons. The minimum absolute atomic E-state index is 0.0313. The third-order valence-corrected chi connectivity index (χ3v) is 2.39. The van der Waals surface area contributed by atoms with Crippen molar-refractivity contribution in [3.8, 4) is 5.82 Å². The highest BCUT2D eigenvalue weighted by atomic mass is 16.6. The molecule has 0 aliphatic carbocycles. The number of aromatic nitrogens is 3. The van der Waals surface area contributed by atoms with E-state index in [4.69, 9.17) is 0 Å². The molecule has 2 heterocycles. The zero-order valence-electron chi connectivity index (χ0n) is 9.84. The largest absolute Gasteiger partial charge is 0.314 e. The fraction of sp³-hybridized carbons (Fsp3) is 0.273. The van der Waals surface area contributed by atoms with Gasteiger partial charge in [-0.3, -0.25) is 10.1 Å². The molecule has 0 aliphatic heterocycles. The van der Waals surface area contributed by atoms with Crippen LogP contribution >= 0.6 is 0 Å². The predicted octanol–water partition coefficient (Wildman–Crippen LogP) is 2.10. The van der Waals surface area contributed by atoms with Gasteiger partial charge in [0.1, 0.15) is 0 Å². The van der Waals surface area contributed by atoms with Crippen LogP contribution < -0.4 is 0 Å². The van der Waals surface area contributed by atoms with Crippen molar-refractivity contribution in [3.05, 3.63) is 45.4 Å². The molecule has 88 valence electrons. The summed E-state index contributed by atoms with van der Waals surface area (Å²) in [5, 5.41) is 15.2. The molecular weight excluding hydrogens is 220 g/mol. The Labute approximate surface area is 98.1 Å². The first-order chi connectivity index (χ1) is 7.99. The molecule has 2 aromatic rings. The molecule has 0 amide bonds. The van der Waals surface area contributed by atoms with Crippen molar-refractivity contribution in [1.29, 1.82) is 0 Å². The van der Waals surface area contributed by atoms with Gasteiger partial charge in [0, 0.05) is 18.0 Å². The van der Waals surface area contributed by atoms with Crippen LogP contribution in [0.1, 0.15) is 17.0 Å². The van der Waals surface area contributed by atoms with E-state index in [0.717, 1.165) is 17.0 Å². The zero-order valence-corrected chi connectivity index (χ0v) is 9.84. The van der Waals surface area contributed by atoms with Gasteiger partial charge in [0.25, 0.3) is 0 Å². The molecule has 2 aromatic heterocycles. The second kappa shape index (κ2) is 3.97. The average Bonchev–Trinajstić information content (AvgIpc) is 2.57. The number of aryl methyl sites for hydroxylation is 3. The standard InChI is InChI=1S/C11H12N4O2/c1-7-4-10(15(16)17)11(12-6-7)14-9(3)5-8(2)13-14/h4-6H,1-3H3. The van der Waals surface area contributed by atoms with E-state index in [1.54, 1.807) is 13.1 Å². The monoisotopic (exact) mass is 232 g/mol. The van der Waals surface area contributed by atoms with Crippen LogP contribution in [0.5, 0.6) is 0 Å². The van der Waals surface area contributed by atoms with Crippen LogP contribution in [0.2, 0.25) is 0 Å². The van der Waals surface area contributed by atoms with Crippen molar-refractivity contribution in [2.45, 2.75) is 20.8 Å². The third-order valence-electron chi connectivity index (χ3n) is 2.39. The van der Waals surface area contributed by atoms with Crippen LogP contribution in [0.25, 0.3) is 5.82 Å². The van der Waals surface area contributed by atoms with E-state index in [1.807, 2.05) is 19.9 Å². The molecule has 0 aliphatic rings. The lowest BCUT2D eigenvalue weighted by atomic mass is 10.3. The molecule has 0 unspecified atom stereocenters. The van der Waals surface area contributed by atoms with Crippen LogP contribution in [-0.2, 0) is 0 Å². The lowest BCUT2D eigenvalue weighted by molar-refractivity contribution is -0.385. The molecule has 17 heavy (non-hydrogen) atoms. The summed E-state index contributed by atoms with van der Waals surface area (Å²) in [6, 6.07) is 3.35. The number of pyridine rings is 1. The molecule has 0 N–H and O–H groups in total. The Morgan fingerprint density at radius 2 is 2.00 bits per heavy atom. The van der Waals surface area contributed by atoms with Crippen LogP contribution in [0, 0.1) is 30.9 Å². The lowest BCUT2D eigenvalue weighted by Gasteiger charge is -2.04. The lowest BCUT2D eigenvalue weighted by Crippen LogP contribution is -2.06. The van der Waals surface area contributed by atoms with Crippen LogP contribution in [0.4, 0.5) is 5.69 Å². The topological polar surface area (TPSA) is 73.8 Å². The normalized spacial score (nSPS) is 10.5. The van der Waals surface area contributed by atoms with Crippen molar-refractivity contribution in [2.24, 2.45) is 0 Å². The van der Waals surface area contributed by atoms with E-state index in [2.05, 4.69) is 10.1 Å². The van der Waals surface area contributed by atoms with Gasteiger partial charge in [-0.2, -0.15) is 5.10 Å². The summed E-state index contributed by atoms with van der Waals surface area (Å²) in [4.78, 5) is 14.7. The molecule has 0 fully saturated rings. The number of nitrogens with zero attached hydrogens (tertiary/aromatic N) is 4. The van der Waals surface area contributed by atoms with Gasteiger partial charge in [-0.1, -0.05) is 0 Å². The smallest absolute Gasteiger partial charge is 0.258 e. The molecule has 2 rings (SSSR count). The summed E-state index contributed by atoms with van der Waals surface area (Å²) in [5.74, 6) is 0.256. The van der Waals surface area contributed by atoms with Crippen LogP contribution in [0.3, 0.4) is 0 Å². The first-order valence-corrected chi connectivity index (χ1v) is 5.13. The maximum Gasteiger partial charge on any atom is 0.314 e. The minimum Gasteiger partial charge on any atom is -0.258 e. The van der Waals surface area contributed by atoms with Crippen molar-refractivity contribution in [2.75, 3.05) is 0 Å². The van der Waals surface area contributed by atoms with Crippen molar-refractivity contribution < 1.29 is 4.92 Å². The summed E-state index contributed by atoms with van der Waals surface area (Å²) in [6.07, 6.45) is 1.60. The van der Waals surface area contributed by atoms with E-state index in [9.17, 15) is 10.1 Å². The van der Waals surface area contributed by atoms with E-state index < -0.39 is 4.92 Å². The van der Waals surface area contributed by atoms with Gasteiger partial charge in [0.05, 0.1) is 10.6 Å². The maximum atomic E-state index is 11.0. The Bertz CT molecular complexity index is 589. The quantitative estimate of drug-likeness (QED) is 0.587. The SMILES string of the molecule is Cc1cnc(-n2nc(C)cc2C)c([N+](=O)[O-])c1. The number of rotatable bonds is 2. The summed E-state index contributed by atoms with van der Waals surface area (Å²) < 4.78 is 1.49. The van der Waals surface area contributed by atoms with E-state index in [1.165, 1.54) is 10.7 Å². The minimum atomic E-state index is -0.439. The second-order valence-corrected chi connectivity index (χ2v) is 3.95. The van der Waals surface area contributed by atoms with Crippen LogP contribution in [0.15, 0.2) is 18.3 Å². The van der Waals surface area contributed by atoms with Gasteiger partial charge in [0.2, 0.25) is 5.82 Å². The number of hydrogen-bond acceptors (Lipinski definition) is 4. The predicted molar refractivity (Wildman–Crippen MR) is 62.2 cm³/mol. The van der Waals surface area contributed by atoms with Crippen LogP contribution in [-0.4, -0.2) is 19.7 Å². The third kappa shape index (κ3) is 2.01. The highest BCUT2D eigenvalue weighted by Crippen LogP contribution is 2.22. The first kappa shape index (κ1) is 11.3. The first-order valence-electron chi connectivity index (χ1n) is 5.13. The molecular formula is C11H12N4O2. The molecule has 6 nitrogen and oxygen atoms in total. The maximum absolute atomic E-state index is 11.0. The molecule has 0 aromatic carbocycles. The van der Waals surface area contributed by atoms with Gasteiger partial charge in [0.15, 0.2) is 0 Å². The molecule has 0 saturated heterocycles.